The van der Waals surface area contributed by atoms with Gasteiger partial charge in [-0.3, -0.25) is 9.89 Å². The maximum absolute atomic E-state index is 15.0. The Morgan fingerprint density at radius 2 is 2.15 bits per heavy atom. The number of carbonyl (C=O) groups excluding carboxylic acids is 2. The Bertz CT molecular complexity index is 1200. The van der Waals surface area contributed by atoms with E-state index < -0.39 is 11.7 Å². The van der Waals surface area contributed by atoms with Crippen LogP contribution in [0.1, 0.15) is 28.8 Å². The van der Waals surface area contributed by atoms with E-state index in [1.165, 1.54) is 12.1 Å². The number of cyclic esters (lactones) is 1. The summed E-state index contributed by atoms with van der Waals surface area (Å²) in [5.41, 5.74) is 1.85. The van der Waals surface area contributed by atoms with E-state index in [-0.39, 0.29) is 30.3 Å². The second kappa shape index (κ2) is 9.34. The fraction of sp³-hybridized carbons (Fsp3) is 0.292. The summed E-state index contributed by atoms with van der Waals surface area (Å²) in [7, 11) is 0. The normalized spacial score (nSPS) is 19.5. The summed E-state index contributed by atoms with van der Waals surface area (Å²) in [4.78, 5) is 26.3. The minimum atomic E-state index is -0.665. The first-order valence-corrected chi connectivity index (χ1v) is 11.3. The number of nitrogens with zero attached hydrogens (tertiary/aromatic N) is 2. The Morgan fingerprint density at radius 3 is 2.91 bits per heavy atom. The van der Waals surface area contributed by atoms with E-state index in [0.717, 1.165) is 5.56 Å². The second-order valence-corrected chi connectivity index (χ2v) is 8.75. The Labute approximate surface area is 200 Å². The number of amides is 2. The van der Waals surface area contributed by atoms with E-state index >= 15 is 4.39 Å². The van der Waals surface area contributed by atoms with Gasteiger partial charge in [0.15, 0.2) is 0 Å². The SMILES string of the molecule is O=C(NCc1ccc(Cl)cc1)c1cc(O[C@H]2CCN3C(=O)OC[C@@H]3C2)c(-c2cn[nH]c2)cc1F. The quantitative estimate of drug-likeness (QED) is 0.547. The number of aromatic amines is 1. The molecule has 2 N–H and O–H groups in total. The lowest BCUT2D eigenvalue weighted by molar-refractivity contribution is 0.0915. The van der Waals surface area contributed by atoms with Gasteiger partial charge in [-0.2, -0.15) is 5.10 Å². The van der Waals surface area contributed by atoms with E-state index in [1.54, 1.807) is 41.6 Å². The summed E-state index contributed by atoms with van der Waals surface area (Å²) in [6.07, 6.45) is 3.88. The summed E-state index contributed by atoms with van der Waals surface area (Å²) < 4.78 is 26.4. The van der Waals surface area contributed by atoms with Gasteiger partial charge >= 0.3 is 6.09 Å². The van der Waals surface area contributed by atoms with E-state index in [2.05, 4.69) is 15.5 Å². The lowest BCUT2D eigenvalue weighted by Gasteiger charge is -2.33. The molecule has 0 aliphatic carbocycles. The van der Waals surface area contributed by atoms with Crippen molar-refractivity contribution in [2.75, 3.05) is 13.2 Å². The molecule has 2 amide bonds. The number of hydrogen-bond acceptors (Lipinski definition) is 5. The molecule has 2 atom stereocenters. The number of ether oxygens (including phenoxy) is 2. The van der Waals surface area contributed by atoms with Crippen molar-refractivity contribution in [1.82, 2.24) is 20.4 Å². The highest BCUT2D eigenvalue weighted by molar-refractivity contribution is 6.30. The molecule has 2 saturated heterocycles. The van der Waals surface area contributed by atoms with Crippen molar-refractivity contribution >= 4 is 23.6 Å². The minimum absolute atomic E-state index is 0.0498. The first kappa shape index (κ1) is 22.2. The van der Waals surface area contributed by atoms with Crippen LogP contribution in [0, 0.1) is 5.82 Å². The van der Waals surface area contributed by atoms with Crippen LogP contribution in [0.15, 0.2) is 48.8 Å². The van der Waals surface area contributed by atoms with Gasteiger partial charge in [0.1, 0.15) is 24.3 Å². The topological polar surface area (TPSA) is 96.6 Å². The molecule has 0 spiro atoms. The van der Waals surface area contributed by atoms with Crippen molar-refractivity contribution < 1.29 is 23.5 Å². The standard InChI is InChI=1S/C24H22ClFN4O4/c25-16-3-1-14(2-4-16)10-27-23(31)20-9-22(19(8-21(20)26)15-11-28-29-12-15)34-18-5-6-30-17(7-18)13-33-24(30)32/h1-4,8-9,11-12,17-18H,5-7,10,13H2,(H,27,31)(H,28,29)/t17-,18-/m0/s1. The molecule has 0 bridgehead atoms. The lowest BCUT2D eigenvalue weighted by atomic mass is 10.00. The molecule has 2 aliphatic heterocycles. The fourth-order valence-electron chi connectivity index (χ4n) is 4.28. The summed E-state index contributed by atoms with van der Waals surface area (Å²) in [6.45, 7) is 1.07. The molecule has 34 heavy (non-hydrogen) atoms. The smallest absolute Gasteiger partial charge is 0.410 e. The van der Waals surface area contributed by atoms with Crippen LogP contribution in [0.3, 0.4) is 0 Å². The highest BCUT2D eigenvalue weighted by Gasteiger charge is 2.39. The third-order valence-electron chi connectivity index (χ3n) is 6.08. The van der Waals surface area contributed by atoms with Crippen LogP contribution in [0.2, 0.25) is 5.02 Å². The Kier molecular flexibility index (Phi) is 6.10. The van der Waals surface area contributed by atoms with Crippen LogP contribution in [0.25, 0.3) is 11.1 Å². The van der Waals surface area contributed by atoms with Gasteiger partial charge in [-0.15, -0.1) is 0 Å². The van der Waals surface area contributed by atoms with Gasteiger partial charge in [-0.05, 0) is 29.8 Å². The number of rotatable bonds is 6. The van der Waals surface area contributed by atoms with Gasteiger partial charge in [-0.1, -0.05) is 23.7 Å². The first-order valence-electron chi connectivity index (χ1n) is 10.9. The van der Waals surface area contributed by atoms with Gasteiger partial charge in [0, 0.05) is 48.3 Å². The Balaban J connectivity index is 1.37. The summed E-state index contributed by atoms with van der Waals surface area (Å²) in [6, 6.07) is 9.70. The van der Waals surface area contributed by atoms with Crippen LogP contribution in [0.4, 0.5) is 9.18 Å². The molecule has 10 heteroatoms. The third kappa shape index (κ3) is 4.56. The molecular formula is C24H22ClFN4O4. The number of nitrogens with one attached hydrogen (secondary N) is 2. The predicted octanol–water partition coefficient (Wildman–Crippen LogP) is 4.16. The summed E-state index contributed by atoms with van der Waals surface area (Å²) >= 11 is 5.90. The summed E-state index contributed by atoms with van der Waals surface area (Å²) in [5.74, 6) is -0.842. The second-order valence-electron chi connectivity index (χ2n) is 8.31. The highest BCUT2D eigenvalue weighted by Crippen LogP contribution is 2.35. The number of benzene rings is 2. The van der Waals surface area contributed by atoms with Crippen LogP contribution < -0.4 is 10.1 Å². The van der Waals surface area contributed by atoms with Gasteiger partial charge in [0.25, 0.3) is 5.91 Å². The molecular weight excluding hydrogens is 463 g/mol. The van der Waals surface area contributed by atoms with Gasteiger partial charge in [0.05, 0.1) is 17.8 Å². The number of halogens is 2. The van der Waals surface area contributed by atoms with Crippen molar-refractivity contribution in [2.45, 2.75) is 31.5 Å². The largest absolute Gasteiger partial charge is 0.490 e. The Hall–Kier alpha value is -3.59. The zero-order valence-corrected chi connectivity index (χ0v) is 18.8. The molecule has 0 saturated carbocycles. The molecule has 0 radical (unpaired) electrons. The van der Waals surface area contributed by atoms with Gasteiger partial charge in [-0.25, -0.2) is 9.18 Å². The first-order chi connectivity index (χ1) is 16.5. The zero-order chi connectivity index (χ0) is 23.7. The number of H-pyrrole nitrogens is 1. The maximum atomic E-state index is 15.0. The predicted molar refractivity (Wildman–Crippen MR) is 122 cm³/mol. The zero-order valence-electron chi connectivity index (χ0n) is 18.1. The number of fused-ring (bicyclic) bond motifs is 1. The van der Waals surface area contributed by atoms with E-state index in [9.17, 15) is 9.59 Å². The van der Waals surface area contributed by atoms with Crippen molar-refractivity contribution in [3.63, 3.8) is 0 Å². The van der Waals surface area contributed by atoms with Crippen molar-refractivity contribution in [2.24, 2.45) is 0 Å². The van der Waals surface area contributed by atoms with Crippen molar-refractivity contribution in [3.8, 4) is 16.9 Å². The monoisotopic (exact) mass is 484 g/mol. The number of aromatic nitrogens is 2. The minimum Gasteiger partial charge on any atom is -0.490 e. The average Bonchev–Trinajstić information content (AvgIpc) is 3.50. The summed E-state index contributed by atoms with van der Waals surface area (Å²) in [5, 5.41) is 9.99. The molecule has 176 valence electrons. The van der Waals surface area contributed by atoms with Crippen molar-refractivity contribution in [3.05, 3.63) is 70.8 Å². The highest BCUT2D eigenvalue weighted by atomic mass is 35.5. The van der Waals surface area contributed by atoms with E-state index in [1.807, 2.05) is 0 Å². The van der Waals surface area contributed by atoms with Gasteiger partial charge in [0.2, 0.25) is 0 Å². The van der Waals surface area contributed by atoms with E-state index in [4.69, 9.17) is 21.1 Å². The number of piperidine rings is 1. The van der Waals surface area contributed by atoms with Crippen molar-refractivity contribution in [1.29, 1.82) is 0 Å². The Morgan fingerprint density at radius 1 is 1.32 bits per heavy atom. The molecule has 2 aliphatic rings. The molecule has 2 aromatic carbocycles. The lowest BCUT2D eigenvalue weighted by Crippen LogP contribution is -2.44. The number of carbonyl (C=O) groups is 2. The maximum Gasteiger partial charge on any atom is 0.410 e. The van der Waals surface area contributed by atoms with E-state index in [0.29, 0.717) is 47.9 Å². The third-order valence-corrected chi connectivity index (χ3v) is 6.34. The molecule has 3 aromatic rings. The molecule has 8 nitrogen and oxygen atoms in total. The van der Waals surface area contributed by atoms with Crippen LogP contribution in [-0.2, 0) is 11.3 Å². The molecule has 2 fully saturated rings. The average molecular weight is 485 g/mol. The van der Waals surface area contributed by atoms with Crippen LogP contribution in [0.5, 0.6) is 5.75 Å². The fourth-order valence-corrected chi connectivity index (χ4v) is 4.40. The molecule has 5 rings (SSSR count). The van der Waals surface area contributed by atoms with Gasteiger partial charge < -0.3 is 19.7 Å². The molecule has 3 heterocycles. The van der Waals surface area contributed by atoms with Crippen LogP contribution >= 0.6 is 11.6 Å². The molecule has 1 aromatic heterocycles. The number of hydrogen-bond donors (Lipinski definition) is 2. The van der Waals surface area contributed by atoms with Crippen LogP contribution in [-0.4, -0.2) is 52.4 Å². The molecule has 0 unspecified atom stereocenters.